The van der Waals surface area contributed by atoms with Gasteiger partial charge in [-0.1, -0.05) is 12.1 Å². The number of para-hydroxylation sites is 1. The number of rotatable bonds is 2. The summed E-state index contributed by atoms with van der Waals surface area (Å²) in [5.41, 5.74) is 6.38. The number of halogens is 1. The molecule has 19 heavy (non-hydrogen) atoms. The number of carbonyl (C=O) groups is 1. The maximum absolute atomic E-state index is 13.5. The summed E-state index contributed by atoms with van der Waals surface area (Å²) in [7, 11) is 0. The van der Waals surface area contributed by atoms with Crippen molar-refractivity contribution in [3.63, 3.8) is 0 Å². The predicted octanol–water partition coefficient (Wildman–Crippen LogP) is 2.67. The average molecular weight is 260 g/mol. The number of nitrogens with one attached hydrogen (secondary N) is 1. The Morgan fingerprint density at radius 2 is 2.05 bits per heavy atom. The van der Waals surface area contributed by atoms with Crippen LogP contribution in [0.25, 0.3) is 0 Å². The van der Waals surface area contributed by atoms with Gasteiger partial charge in [0.15, 0.2) is 0 Å². The van der Waals surface area contributed by atoms with Gasteiger partial charge in [-0.3, -0.25) is 4.79 Å². The van der Waals surface area contributed by atoms with Gasteiger partial charge in [0, 0.05) is 5.69 Å². The fourth-order valence-corrected chi connectivity index (χ4v) is 1.66. The highest BCUT2D eigenvalue weighted by atomic mass is 19.1. The molecule has 0 aliphatic rings. The second kappa shape index (κ2) is 4.97. The lowest BCUT2D eigenvalue weighted by molar-refractivity contribution is 0.102. The molecule has 0 unspecified atom stereocenters. The van der Waals surface area contributed by atoms with Crippen LogP contribution in [0.2, 0.25) is 0 Å². The molecule has 5 heteroatoms. The lowest BCUT2D eigenvalue weighted by atomic mass is 10.1. The number of nitrogen functional groups attached to an aromatic ring is 1. The zero-order valence-corrected chi connectivity index (χ0v) is 10.3. The van der Waals surface area contributed by atoms with Crippen molar-refractivity contribution in [2.45, 2.75) is 6.92 Å². The first kappa shape index (κ1) is 12.9. The van der Waals surface area contributed by atoms with E-state index in [0.717, 1.165) is 6.07 Å². The molecule has 0 fully saturated rings. The van der Waals surface area contributed by atoms with Crippen LogP contribution < -0.4 is 11.1 Å². The standard InChI is InChI=1S/C14H13FN2O2/c1-8-3-2-4-10(13(8)18)14(19)17-12-6-5-9(16)7-11(12)15/h2-7,18H,16H2,1H3,(H,17,19). The number of anilines is 2. The summed E-state index contributed by atoms with van der Waals surface area (Å²) in [6.07, 6.45) is 0. The molecule has 0 radical (unpaired) electrons. The molecule has 98 valence electrons. The summed E-state index contributed by atoms with van der Waals surface area (Å²) in [4.78, 5) is 12.0. The van der Waals surface area contributed by atoms with Gasteiger partial charge in [-0.05, 0) is 36.8 Å². The lowest BCUT2D eigenvalue weighted by Gasteiger charge is -2.09. The van der Waals surface area contributed by atoms with E-state index in [-0.39, 0.29) is 22.7 Å². The monoisotopic (exact) mass is 260 g/mol. The first-order chi connectivity index (χ1) is 8.99. The van der Waals surface area contributed by atoms with Crippen molar-refractivity contribution in [3.05, 3.63) is 53.3 Å². The van der Waals surface area contributed by atoms with E-state index in [4.69, 9.17) is 5.73 Å². The first-order valence-electron chi connectivity index (χ1n) is 5.64. The van der Waals surface area contributed by atoms with Gasteiger partial charge >= 0.3 is 0 Å². The number of hydrogen-bond donors (Lipinski definition) is 3. The number of aromatic hydroxyl groups is 1. The van der Waals surface area contributed by atoms with Crippen LogP contribution in [0, 0.1) is 12.7 Å². The highest BCUT2D eigenvalue weighted by molar-refractivity contribution is 6.06. The Morgan fingerprint density at radius 1 is 1.32 bits per heavy atom. The van der Waals surface area contributed by atoms with Crippen molar-refractivity contribution in [1.29, 1.82) is 0 Å². The minimum absolute atomic E-state index is 0.0140. The molecule has 4 nitrogen and oxygen atoms in total. The van der Waals surface area contributed by atoms with E-state index in [1.165, 1.54) is 18.2 Å². The molecule has 0 aliphatic carbocycles. The Morgan fingerprint density at radius 3 is 2.74 bits per heavy atom. The van der Waals surface area contributed by atoms with E-state index >= 15 is 0 Å². The minimum atomic E-state index is -0.625. The molecule has 2 rings (SSSR count). The Balaban J connectivity index is 2.28. The van der Waals surface area contributed by atoms with Gasteiger partial charge in [-0.15, -0.1) is 0 Å². The van der Waals surface area contributed by atoms with Crippen molar-refractivity contribution in [2.24, 2.45) is 0 Å². The number of carbonyl (C=O) groups excluding carboxylic acids is 1. The Kier molecular flexibility index (Phi) is 3.37. The van der Waals surface area contributed by atoms with Crippen LogP contribution in [0.1, 0.15) is 15.9 Å². The molecule has 0 saturated heterocycles. The molecule has 0 saturated carbocycles. The fourth-order valence-electron chi connectivity index (χ4n) is 1.66. The number of hydrogen-bond acceptors (Lipinski definition) is 3. The van der Waals surface area contributed by atoms with Crippen LogP contribution in [0.15, 0.2) is 36.4 Å². The van der Waals surface area contributed by atoms with Gasteiger partial charge in [-0.2, -0.15) is 0 Å². The topological polar surface area (TPSA) is 75.4 Å². The predicted molar refractivity (Wildman–Crippen MR) is 71.6 cm³/mol. The third kappa shape index (κ3) is 2.65. The molecule has 4 N–H and O–H groups in total. The maximum atomic E-state index is 13.5. The minimum Gasteiger partial charge on any atom is -0.507 e. The van der Waals surface area contributed by atoms with Crippen LogP contribution in [-0.4, -0.2) is 11.0 Å². The van der Waals surface area contributed by atoms with E-state index in [2.05, 4.69) is 5.32 Å². The van der Waals surface area contributed by atoms with Crippen molar-refractivity contribution >= 4 is 17.3 Å². The van der Waals surface area contributed by atoms with E-state index in [1.54, 1.807) is 19.1 Å². The number of nitrogens with two attached hydrogens (primary N) is 1. The molecule has 2 aromatic carbocycles. The summed E-state index contributed by atoms with van der Waals surface area (Å²) in [5, 5.41) is 12.2. The molecule has 0 heterocycles. The van der Waals surface area contributed by atoms with Gasteiger partial charge in [0.1, 0.15) is 11.6 Å². The lowest BCUT2D eigenvalue weighted by Crippen LogP contribution is -2.13. The Bertz CT molecular complexity index is 641. The van der Waals surface area contributed by atoms with E-state index in [9.17, 15) is 14.3 Å². The normalized spacial score (nSPS) is 10.2. The molecular formula is C14H13FN2O2. The summed E-state index contributed by atoms with van der Waals surface area (Å²) < 4.78 is 13.5. The van der Waals surface area contributed by atoms with Crippen molar-refractivity contribution in [1.82, 2.24) is 0 Å². The largest absolute Gasteiger partial charge is 0.507 e. The molecular weight excluding hydrogens is 247 g/mol. The van der Waals surface area contributed by atoms with Gasteiger partial charge in [-0.25, -0.2) is 4.39 Å². The molecule has 0 aromatic heterocycles. The third-order valence-electron chi connectivity index (χ3n) is 2.72. The molecule has 0 aliphatic heterocycles. The molecule has 1 amide bonds. The quantitative estimate of drug-likeness (QED) is 0.727. The number of amides is 1. The number of benzene rings is 2. The summed E-state index contributed by atoms with van der Waals surface area (Å²) >= 11 is 0. The summed E-state index contributed by atoms with van der Waals surface area (Å²) in [5.74, 6) is -1.32. The fraction of sp³-hybridized carbons (Fsp3) is 0.0714. The molecule has 0 spiro atoms. The number of phenolic OH excluding ortho intramolecular Hbond substituents is 1. The molecule has 0 bridgehead atoms. The Labute approximate surface area is 109 Å². The van der Waals surface area contributed by atoms with Crippen LogP contribution in [0.4, 0.5) is 15.8 Å². The van der Waals surface area contributed by atoms with Crippen LogP contribution in [0.3, 0.4) is 0 Å². The van der Waals surface area contributed by atoms with Gasteiger partial charge in [0.2, 0.25) is 0 Å². The Hall–Kier alpha value is -2.56. The zero-order valence-electron chi connectivity index (χ0n) is 10.3. The molecule has 0 atom stereocenters. The second-order valence-electron chi connectivity index (χ2n) is 4.16. The van der Waals surface area contributed by atoms with Crippen LogP contribution in [0.5, 0.6) is 5.75 Å². The van der Waals surface area contributed by atoms with E-state index in [0.29, 0.717) is 5.56 Å². The van der Waals surface area contributed by atoms with Crippen molar-refractivity contribution < 1.29 is 14.3 Å². The highest BCUT2D eigenvalue weighted by Crippen LogP contribution is 2.23. The SMILES string of the molecule is Cc1cccc(C(=O)Nc2ccc(N)cc2F)c1O. The van der Waals surface area contributed by atoms with Gasteiger partial charge in [0.05, 0.1) is 11.3 Å². The van der Waals surface area contributed by atoms with Crippen molar-refractivity contribution in [3.8, 4) is 5.75 Å². The summed E-state index contributed by atoms with van der Waals surface area (Å²) in [6, 6.07) is 8.75. The van der Waals surface area contributed by atoms with Gasteiger partial charge in [0.25, 0.3) is 5.91 Å². The highest BCUT2D eigenvalue weighted by Gasteiger charge is 2.14. The maximum Gasteiger partial charge on any atom is 0.259 e. The zero-order chi connectivity index (χ0) is 14.0. The average Bonchev–Trinajstić information content (AvgIpc) is 2.36. The number of aryl methyl sites for hydroxylation is 1. The number of phenols is 1. The third-order valence-corrected chi connectivity index (χ3v) is 2.72. The van der Waals surface area contributed by atoms with Crippen molar-refractivity contribution in [2.75, 3.05) is 11.1 Å². The second-order valence-corrected chi connectivity index (χ2v) is 4.16. The van der Waals surface area contributed by atoms with Crippen LogP contribution in [-0.2, 0) is 0 Å². The van der Waals surface area contributed by atoms with E-state index in [1.807, 2.05) is 0 Å². The van der Waals surface area contributed by atoms with Gasteiger partial charge < -0.3 is 16.2 Å². The van der Waals surface area contributed by atoms with Crippen LogP contribution >= 0.6 is 0 Å². The first-order valence-corrected chi connectivity index (χ1v) is 5.64. The summed E-state index contributed by atoms with van der Waals surface area (Å²) in [6.45, 7) is 1.68. The van der Waals surface area contributed by atoms with E-state index < -0.39 is 11.7 Å². The smallest absolute Gasteiger partial charge is 0.259 e. The molecule has 2 aromatic rings.